The number of carbonyl (C=O) groups excluding carboxylic acids is 1. The maximum atomic E-state index is 11.9. The number of benzene rings is 1. The van der Waals surface area contributed by atoms with Crippen LogP contribution in [0.4, 0.5) is 5.69 Å². The minimum atomic E-state index is -0.0134. The summed E-state index contributed by atoms with van der Waals surface area (Å²) in [4.78, 5) is 11.9. The zero-order valence-electron chi connectivity index (χ0n) is 11.7. The molecule has 0 atom stereocenters. The molecule has 0 saturated carbocycles. The van der Waals surface area contributed by atoms with E-state index in [0.29, 0.717) is 11.6 Å². The summed E-state index contributed by atoms with van der Waals surface area (Å²) in [6.07, 6.45) is 2.51. The smallest absolute Gasteiger partial charge is 0.238 e. The molecule has 1 aliphatic rings. The molecule has 2 N–H and O–H groups in total. The fourth-order valence-electron chi connectivity index (χ4n) is 2.26. The molecule has 2 rings (SSSR count). The van der Waals surface area contributed by atoms with Crippen molar-refractivity contribution in [1.82, 2.24) is 5.32 Å². The molecule has 0 bridgehead atoms. The molecular weight excluding hydrogens is 292 g/mol. The minimum absolute atomic E-state index is 0.0134. The second kappa shape index (κ2) is 7.91. The lowest BCUT2D eigenvalue weighted by atomic mass is 10.0. The molecule has 0 spiro atoms. The lowest BCUT2D eigenvalue weighted by molar-refractivity contribution is -0.115. The molecule has 1 saturated heterocycles. The van der Waals surface area contributed by atoms with Gasteiger partial charge in [0, 0.05) is 10.7 Å². The van der Waals surface area contributed by atoms with Gasteiger partial charge in [0.1, 0.15) is 0 Å². The molecule has 5 heteroatoms. The van der Waals surface area contributed by atoms with Gasteiger partial charge >= 0.3 is 0 Å². The Kier molecular flexibility index (Phi) is 6.20. The Balaban J connectivity index is 1.73. The van der Waals surface area contributed by atoms with E-state index in [0.717, 1.165) is 23.7 Å². The Labute approximate surface area is 129 Å². The molecule has 3 nitrogen and oxygen atoms in total. The lowest BCUT2D eigenvalue weighted by Crippen LogP contribution is -2.33. The van der Waals surface area contributed by atoms with Crippen LogP contribution < -0.4 is 10.6 Å². The topological polar surface area (TPSA) is 41.1 Å². The molecule has 110 valence electrons. The molecule has 1 heterocycles. The third-order valence-corrected chi connectivity index (χ3v) is 4.82. The Bertz CT molecular complexity index is 461. The van der Waals surface area contributed by atoms with E-state index >= 15 is 0 Å². The quantitative estimate of drug-likeness (QED) is 0.876. The van der Waals surface area contributed by atoms with Gasteiger partial charge in [-0.25, -0.2) is 0 Å². The fourth-order valence-corrected chi connectivity index (χ4v) is 3.64. The number of aryl methyl sites for hydroxylation is 1. The summed E-state index contributed by atoms with van der Waals surface area (Å²) in [5.74, 6) is 3.21. The molecule has 1 fully saturated rings. The monoisotopic (exact) mass is 312 g/mol. The average molecular weight is 313 g/mol. The van der Waals surface area contributed by atoms with Crippen molar-refractivity contribution < 1.29 is 4.79 Å². The van der Waals surface area contributed by atoms with Crippen LogP contribution in [-0.4, -0.2) is 30.5 Å². The van der Waals surface area contributed by atoms with Crippen LogP contribution in [0.5, 0.6) is 0 Å². The molecular formula is C15H21ClN2OS. The third-order valence-electron chi connectivity index (χ3n) is 3.53. The van der Waals surface area contributed by atoms with Crippen molar-refractivity contribution in [2.45, 2.75) is 19.8 Å². The number of rotatable bonds is 5. The number of anilines is 1. The summed E-state index contributed by atoms with van der Waals surface area (Å²) < 4.78 is 0. The molecule has 0 radical (unpaired) electrons. The van der Waals surface area contributed by atoms with Gasteiger partial charge in [-0.1, -0.05) is 17.7 Å². The highest BCUT2D eigenvalue weighted by Crippen LogP contribution is 2.22. The van der Waals surface area contributed by atoms with Crippen molar-refractivity contribution in [2.24, 2.45) is 5.92 Å². The Morgan fingerprint density at radius 3 is 2.90 bits per heavy atom. The highest BCUT2D eigenvalue weighted by atomic mass is 35.5. The van der Waals surface area contributed by atoms with Gasteiger partial charge in [-0.15, -0.1) is 0 Å². The van der Waals surface area contributed by atoms with Crippen molar-refractivity contribution >= 4 is 35.0 Å². The SMILES string of the molecule is Cc1ccc(Cl)cc1NC(=O)CNCC1CCSCC1. The van der Waals surface area contributed by atoms with Crippen molar-refractivity contribution in [2.75, 3.05) is 29.9 Å². The number of nitrogens with one attached hydrogen (secondary N) is 2. The molecule has 1 aliphatic heterocycles. The Hall–Kier alpha value is -0.710. The number of carbonyl (C=O) groups is 1. The van der Waals surface area contributed by atoms with E-state index < -0.39 is 0 Å². The summed E-state index contributed by atoms with van der Waals surface area (Å²) in [5.41, 5.74) is 1.81. The number of amides is 1. The van der Waals surface area contributed by atoms with Crippen molar-refractivity contribution in [3.63, 3.8) is 0 Å². The van der Waals surface area contributed by atoms with Crippen LogP contribution in [0.25, 0.3) is 0 Å². The number of thioether (sulfide) groups is 1. The van der Waals surface area contributed by atoms with Crippen LogP contribution in [0.3, 0.4) is 0 Å². The average Bonchev–Trinajstić information content (AvgIpc) is 2.44. The largest absolute Gasteiger partial charge is 0.325 e. The van der Waals surface area contributed by atoms with Crippen LogP contribution in [0.2, 0.25) is 5.02 Å². The number of hydrogen-bond acceptors (Lipinski definition) is 3. The van der Waals surface area contributed by atoms with Gasteiger partial charge in [0.05, 0.1) is 6.54 Å². The maximum Gasteiger partial charge on any atom is 0.238 e. The minimum Gasteiger partial charge on any atom is -0.325 e. The summed E-state index contributed by atoms with van der Waals surface area (Å²) in [7, 11) is 0. The van der Waals surface area contributed by atoms with Crippen molar-refractivity contribution in [3.05, 3.63) is 28.8 Å². The number of hydrogen-bond donors (Lipinski definition) is 2. The first-order chi connectivity index (χ1) is 9.65. The number of halogens is 1. The normalized spacial score (nSPS) is 16.1. The molecule has 1 aromatic carbocycles. The maximum absolute atomic E-state index is 11.9. The fraction of sp³-hybridized carbons (Fsp3) is 0.533. The van der Waals surface area contributed by atoms with Crippen LogP contribution in [0.1, 0.15) is 18.4 Å². The van der Waals surface area contributed by atoms with E-state index in [1.54, 1.807) is 6.07 Å². The van der Waals surface area contributed by atoms with Crippen LogP contribution in [-0.2, 0) is 4.79 Å². The molecule has 20 heavy (non-hydrogen) atoms. The molecule has 0 aromatic heterocycles. The van der Waals surface area contributed by atoms with Gasteiger partial charge in [0.15, 0.2) is 0 Å². The molecule has 1 amide bonds. The van der Waals surface area contributed by atoms with Crippen molar-refractivity contribution in [3.8, 4) is 0 Å². The first kappa shape index (κ1) is 15.7. The van der Waals surface area contributed by atoms with E-state index in [1.807, 2.05) is 30.8 Å². The van der Waals surface area contributed by atoms with Gasteiger partial charge in [-0.2, -0.15) is 11.8 Å². The predicted molar refractivity (Wildman–Crippen MR) is 87.7 cm³/mol. The molecule has 1 aromatic rings. The highest BCUT2D eigenvalue weighted by Gasteiger charge is 2.13. The second-order valence-electron chi connectivity index (χ2n) is 5.19. The summed E-state index contributed by atoms with van der Waals surface area (Å²) >= 11 is 7.96. The third kappa shape index (κ3) is 5.00. The van der Waals surface area contributed by atoms with E-state index in [1.165, 1.54) is 24.3 Å². The first-order valence-electron chi connectivity index (χ1n) is 6.99. The van der Waals surface area contributed by atoms with Crippen molar-refractivity contribution in [1.29, 1.82) is 0 Å². The van der Waals surface area contributed by atoms with Gasteiger partial charge in [0.2, 0.25) is 5.91 Å². The van der Waals surface area contributed by atoms with Gasteiger partial charge in [-0.3, -0.25) is 4.79 Å². The molecule has 0 aliphatic carbocycles. The van der Waals surface area contributed by atoms with E-state index in [-0.39, 0.29) is 5.91 Å². The van der Waals surface area contributed by atoms with E-state index in [9.17, 15) is 4.79 Å². The zero-order valence-corrected chi connectivity index (χ0v) is 13.3. The molecule has 0 unspecified atom stereocenters. The standard InChI is InChI=1S/C15H21ClN2OS/c1-11-2-3-13(16)8-14(11)18-15(19)10-17-9-12-4-6-20-7-5-12/h2-3,8,12,17H,4-7,9-10H2,1H3,(H,18,19). The van der Waals surface area contributed by atoms with E-state index in [2.05, 4.69) is 10.6 Å². The zero-order chi connectivity index (χ0) is 14.4. The summed E-state index contributed by atoms with van der Waals surface area (Å²) in [5, 5.41) is 6.79. The Morgan fingerprint density at radius 2 is 2.15 bits per heavy atom. The lowest BCUT2D eigenvalue weighted by Gasteiger charge is -2.21. The first-order valence-corrected chi connectivity index (χ1v) is 8.53. The summed E-state index contributed by atoms with van der Waals surface area (Å²) in [6.45, 7) is 3.25. The predicted octanol–water partition coefficient (Wildman–Crippen LogP) is 3.32. The van der Waals surface area contributed by atoms with Gasteiger partial charge in [-0.05, 0) is 61.4 Å². The second-order valence-corrected chi connectivity index (χ2v) is 6.86. The Morgan fingerprint density at radius 1 is 1.40 bits per heavy atom. The van der Waals surface area contributed by atoms with Gasteiger partial charge in [0.25, 0.3) is 0 Å². The van der Waals surface area contributed by atoms with Crippen LogP contribution in [0, 0.1) is 12.8 Å². The van der Waals surface area contributed by atoms with Crippen LogP contribution >= 0.6 is 23.4 Å². The summed E-state index contributed by atoms with van der Waals surface area (Å²) in [6, 6.07) is 5.52. The highest BCUT2D eigenvalue weighted by molar-refractivity contribution is 7.99. The van der Waals surface area contributed by atoms with Gasteiger partial charge < -0.3 is 10.6 Å². The van der Waals surface area contributed by atoms with Crippen LogP contribution in [0.15, 0.2) is 18.2 Å². The van der Waals surface area contributed by atoms with E-state index in [4.69, 9.17) is 11.6 Å².